The largest absolute Gasteiger partial charge is 0.384 e. The van der Waals surface area contributed by atoms with Crippen LogP contribution in [0.15, 0.2) is 36.9 Å². The van der Waals surface area contributed by atoms with Gasteiger partial charge in [-0.1, -0.05) is 24.3 Å². The minimum atomic E-state index is -0.0709. The first-order chi connectivity index (χ1) is 8.22. The Balaban J connectivity index is 2.05. The van der Waals surface area contributed by atoms with E-state index < -0.39 is 0 Å². The lowest BCUT2D eigenvalue weighted by Gasteiger charge is -2.15. The summed E-state index contributed by atoms with van der Waals surface area (Å²) in [6, 6.07) is 8.12. The van der Waals surface area contributed by atoms with Crippen LogP contribution in [-0.4, -0.2) is 18.5 Å². The summed E-state index contributed by atoms with van der Waals surface area (Å²) in [6.45, 7) is 6.36. The van der Waals surface area contributed by atoms with Gasteiger partial charge in [-0.25, -0.2) is 0 Å². The molecule has 0 aromatic heterocycles. The van der Waals surface area contributed by atoms with Crippen molar-refractivity contribution in [1.82, 2.24) is 5.32 Å². The highest BCUT2D eigenvalue weighted by Gasteiger charge is 2.28. The summed E-state index contributed by atoms with van der Waals surface area (Å²) in [6.07, 6.45) is 2.62. The van der Waals surface area contributed by atoms with Gasteiger partial charge in [-0.15, -0.1) is 6.58 Å². The molecule has 3 heteroatoms. The molecule has 2 rings (SSSR count). The lowest BCUT2D eigenvalue weighted by Crippen LogP contribution is -2.36. The number of nitrogens with one attached hydrogen (secondary N) is 2. The molecule has 2 N–H and O–H groups in total. The molecule has 0 saturated heterocycles. The van der Waals surface area contributed by atoms with E-state index in [1.54, 1.807) is 0 Å². The Labute approximate surface area is 102 Å². The Hall–Kier alpha value is -1.77. The Morgan fingerprint density at radius 1 is 1.65 bits per heavy atom. The molecule has 0 bridgehead atoms. The molecule has 17 heavy (non-hydrogen) atoms. The van der Waals surface area contributed by atoms with Gasteiger partial charge in [-0.05, 0) is 25.0 Å². The second kappa shape index (κ2) is 5.04. The molecule has 1 aliphatic rings. The summed E-state index contributed by atoms with van der Waals surface area (Å²) in [5, 5.41) is 6.27. The van der Waals surface area contributed by atoms with Crippen molar-refractivity contribution < 1.29 is 4.79 Å². The number of hydrogen-bond acceptors (Lipinski definition) is 2. The van der Waals surface area contributed by atoms with Crippen molar-refractivity contribution >= 4 is 11.6 Å². The Kier molecular flexibility index (Phi) is 3.47. The number of anilines is 1. The van der Waals surface area contributed by atoms with E-state index in [1.165, 1.54) is 0 Å². The van der Waals surface area contributed by atoms with Gasteiger partial charge in [-0.2, -0.15) is 0 Å². The summed E-state index contributed by atoms with van der Waals surface area (Å²) in [5.74, 6) is 0.0234. The maximum Gasteiger partial charge on any atom is 0.229 e. The lowest BCUT2D eigenvalue weighted by atomic mass is 10.00. The van der Waals surface area contributed by atoms with E-state index >= 15 is 0 Å². The lowest BCUT2D eigenvalue weighted by molar-refractivity contribution is -0.122. The minimum absolute atomic E-state index is 0.0709. The van der Waals surface area contributed by atoms with Crippen LogP contribution in [0.1, 0.15) is 24.8 Å². The highest BCUT2D eigenvalue weighted by atomic mass is 16.2. The Bertz CT molecular complexity index is 428. The van der Waals surface area contributed by atoms with Gasteiger partial charge in [0.2, 0.25) is 5.91 Å². The fourth-order valence-electron chi connectivity index (χ4n) is 2.17. The molecule has 1 aromatic rings. The Morgan fingerprint density at radius 2 is 2.41 bits per heavy atom. The van der Waals surface area contributed by atoms with Crippen molar-refractivity contribution in [3.8, 4) is 0 Å². The number of carbonyl (C=O) groups excluding carboxylic acids is 1. The highest BCUT2D eigenvalue weighted by Crippen LogP contribution is 2.31. The van der Waals surface area contributed by atoms with Gasteiger partial charge < -0.3 is 10.6 Å². The van der Waals surface area contributed by atoms with Crippen molar-refractivity contribution in [2.24, 2.45) is 0 Å². The van der Waals surface area contributed by atoms with Crippen molar-refractivity contribution in [3.63, 3.8) is 0 Å². The molecular weight excluding hydrogens is 212 g/mol. The van der Waals surface area contributed by atoms with Crippen molar-refractivity contribution in [3.05, 3.63) is 42.5 Å². The fraction of sp³-hybridized carbons (Fsp3) is 0.357. The number of hydrogen-bond donors (Lipinski definition) is 2. The van der Waals surface area contributed by atoms with Crippen LogP contribution in [0.3, 0.4) is 0 Å². The molecule has 0 radical (unpaired) electrons. The van der Waals surface area contributed by atoms with Crippen LogP contribution in [0.5, 0.6) is 0 Å². The first kappa shape index (κ1) is 11.7. The molecule has 0 spiro atoms. The van der Waals surface area contributed by atoms with E-state index in [4.69, 9.17) is 0 Å². The summed E-state index contributed by atoms with van der Waals surface area (Å²) in [7, 11) is 0. The predicted molar refractivity (Wildman–Crippen MR) is 70.1 cm³/mol. The first-order valence-electron chi connectivity index (χ1n) is 5.96. The third-order valence-corrected chi connectivity index (χ3v) is 3.06. The molecule has 2 unspecified atom stereocenters. The summed E-state index contributed by atoms with van der Waals surface area (Å²) in [5.41, 5.74) is 2.17. The van der Waals surface area contributed by atoms with Crippen LogP contribution in [-0.2, 0) is 4.79 Å². The van der Waals surface area contributed by atoms with Gasteiger partial charge in [0.05, 0.1) is 5.92 Å². The molecule has 1 aliphatic heterocycles. The van der Waals surface area contributed by atoms with E-state index in [9.17, 15) is 4.79 Å². The molecule has 1 amide bonds. The van der Waals surface area contributed by atoms with E-state index in [1.807, 2.05) is 37.3 Å². The Morgan fingerprint density at radius 3 is 3.18 bits per heavy atom. The van der Waals surface area contributed by atoms with E-state index in [0.717, 1.165) is 17.7 Å². The molecule has 3 nitrogen and oxygen atoms in total. The van der Waals surface area contributed by atoms with Crippen LogP contribution in [0.25, 0.3) is 0 Å². The van der Waals surface area contributed by atoms with Gasteiger partial charge >= 0.3 is 0 Å². The number of benzene rings is 1. The molecule has 1 aromatic carbocycles. The van der Waals surface area contributed by atoms with Gasteiger partial charge in [0.15, 0.2) is 0 Å². The van der Waals surface area contributed by atoms with E-state index in [2.05, 4.69) is 17.2 Å². The molecule has 2 atom stereocenters. The molecule has 0 saturated carbocycles. The van der Waals surface area contributed by atoms with Gasteiger partial charge in [0.1, 0.15) is 0 Å². The van der Waals surface area contributed by atoms with Crippen molar-refractivity contribution in [2.45, 2.75) is 25.3 Å². The number of carbonyl (C=O) groups is 1. The van der Waals surface area contributed by atoms with Crippen LogP contribution in [0, 0.1) is 0 Å². The van der Waals surface area contributed by atoms with Gasteiger partial charge in [0.25, 0.3) is 0 Å². The van der Waals surface area contributed by atoms with E-state index in [-0.39, 0.29) is 17.9 Å². The molecule has 0 aliphatic carbocycles. The number of rotatable bonds is 4. The van der Waals surface area contributed by atoms with Gasteiger partial charge in [0, 0.05) is 18.3 Å². The zero-order chi connectivity index (χ0) is 12.3. The van der Waals surface area contributed by atoms with Crippen LogP contribution in [0.2, 0.25) is 0 Å². The number of para-hydroxylation sites is 1. The third kappa shape index (κ3) is 2.49. The summed E-state index contributed by atoms with van der Waals surface area (Å²) in [4.78, 5) is 12.1. The average Bonchev–Trinajstić information content (AvgIpc) is 2.72. The van der Waals surface area contributed by atoms with Crippen LogP contribution < -0.4 is 10.6 Å². The second-order valence-electron chi connectivity index (χ2n) is 4.45. The summed E-state index contributed by atoms with van der Waals surface area (Å²) < 4.78 is 0. The van der Waals surface area contributed by atoms with Crippen LogP contribution >= 0.6 is 0 Å². The smallest absolute Gasteiger partial charge is 0.229 e. The van der Waals surface area contributed by atoms with E-state index in [0.29, 0.717) is 6.54 Å². The maximum atomic E-state index is 12.1. The molecule has 0 fully saturated rings. The minimum Gasteiger partial charge on any atom is -0.384 e. The van der Waals surface area contributed by atoms with Crippen molar-refractivity contribution in [2.75, 3.05) is 11.9 Å². The number of fused-ring (bicyclic) bond motifs is 1. The topological polar surface area (TPSA) is 41.1 Å². The molecule has 90 valence electrons. The van der Waals surface area contributed by atoms with Crippen LogP contribution in [0.4, 0.5) is 5.69 Å². The first-order valence-corrected chi connectivity index (χ1v) is 5.96. The monoisotopic (exact) mass is 230 g/mol. The quantitative estimate of drug-likeness (QED) is 0.779. The zero-order valence-corrected chi connectivity index (χ0v) is 10.1. The summed E-state index contributed by atoms with van der Waals surface area (Å²) >= 11 is 0. The average molecular weight is 230 g/mol. The maximum absolute atomic E-state index is 12.1. The van der Waals surface area contributed by atoms with Gasteiger partial charge in [-0.3, -0.25) is 4.79 Å². The van der Waals surface area contributed by atoms with Crippen molar-refractivity contribution in [1.29, 1.82) is 0 Å². The number of amides is 1. The normalized spacial score (nSPS) is 19.0. The second-order valence-corrected chi connectivity index (χ2v) is 4.45. The highest BCUT2D eigenvalue weighted by molar-refractivity contribution is 5.88. The zero-order valence-electron chi connectivity index (χ0n) is 10.1. The molecular formula is C14H18N2O. The SMILES string of the molecule is C=CCC(C)NC(=O)C1CNc2ccccc21. The standard InChI is InChI=1S/C14H18N2O/c1-3-6-10(2)16-14(17)12-9-15-13-8-5-4-7-11(12)13/h3-5,7-8,10,12,15H,1,6,9H2,2H3,(H,16,17). The fourth-order valence-corrected chi connectivity index (χ4v) is 2.17. The molecule has 1 heterocycles. The third-order valence-electron chi connectivity index (χ3n) is 3.06. The predicted octanol–water partition coefficient (Wildman–Crippen LogP) is 2.28.